The summed E-state index contributed by atoms with van der Waals surface area (Å²) >= 11 is 7.50. The molecule has 0 bridgehead atoms. The zero-order valence-corrected chi connectivity index (χ0v) is 13.9. The largest absolute Gasteiger partial charge is 0.465 e. The number of nitrogens with zero attached hydrogens (tertiary/aromatic N) is 1. The second-order valence-corrected chi connectivity index (χ2v) is 6.52. The molecule has 0 spiro atoms. The lowest BCUT2D eigenvalue weighted by molar-refractivity contribution is -0.115. The van der Waals surface area contributed by atoms with Gasteiger partial charge in [-0.15, -0.1) is 11.8 Å². The van der Waals surface area contributed by atoms with Gasteiger partial charge in [0.2, 0.25) is 5.91 Å². The van der Waals surface area contributed by atoms with E-state index in [9.17, 15) is 9.59 Å². The van der Waals surface area contributed by atoms with E-state index < -0.39 is 5.97 Å². The van der Waals surface area contributed by atoms with Crippen LogP contribution in [0.2, 0.25) is 5.02 Å². The Kier molecular flexibility index (Phi) is 4.59. The monoisotopic (exact) mass is 347 g/mol. The van der Waals surface area contributed by atoms with Gasteiger partial charge < -0.3 is 4.74 Å². The van der Waals surface area contributed by atoms with Crippen LogP contribution in [0.25, 0.3) is 0 Å². The van der Waals surface area contributed by atoms with Crippen molar-refractivity contribution in [3.8, 4) is 0 Å². The molecule has 1 unspecified atom stereocenters. The third-order valence-corrected chi connectivity index (χ3v) is 5.05. The average molecular weight is 348 g/mol. The van der Waals surface area contributed by atoms with Crippen LogP contribution < -0.4 is 4.90 Å². The van der Waals surface area contributed by atoms with Gasteiger partial charge in [0.1, 0.15) is 5.37 Å². The van der Waals surface area contributed by atoms with Crippen molar-refractivity contribution in [2.45, 2.75) is 5.37 Å². The quantitative estimate of drug-likeness (QED) is 0.790. The molecular weight excluding hydrogens is 334 g/mol. The summed E-state index contributed by atoms with van der Waals surface area (Å²) in [6, 6.07) is 14.3. The number of hydrogen-bond acceptors (Lipinski definition) is 4. The van der Waals surface area contributed by atoms with Crippen LogP contribution in [0.3, 0.4) is 0 Å². The maximum Gasteiger partial charge on any atom is 0.337 e. The lowest BCUT2D eigenvalue weighted by Gasteiger charge is -2.24. The van der Waals surface area contributed by atoms with E-state index in [1.165, 1.54) is 7.11 Å². The normalized spacial score (nSPS) is 17.4. The summed E-state index contributed by atoms with van der Waals surface area (Å²) in [5, 5.41) is 0.570. The standard InChI is InChI=1S/C17H14ClNO3S/c1-22-17(21)12-4-8-14(9-5-12)19-15(20)10-23-16(19)11-2-6-13(18)7-3-11/h2-9,16H,10H2,1H3. The molecule has 0 aromatic heterocycles. The van der Waals surface area contributed by atoms with Gasteiger partial charge in [-0.3, -0.25) is 9.69 Å². The van der Waals surface area contributed by atoms with E-state index in [-0.39, 0.29) is 11.3 Å². The van der Waals surface area contributed by atoms with Crippen molar-refractivity contribution in [2.75, 3.05) is 17.8 Å². The zero-order chi connectivity index (χ0) is 16.4. The van der Waals surface area contributed by atoms with Gasteiger partial charge in [-0.2, -0.15) is 0 Å². The van der Waals surface area contributed by atoms with Crippen molar-refractivity contribution in [1.82, 2.24) is 0 Å². The van der Waals surface area contributed by atoms with E-state index in [0.717, 1.165) is 11.3 Å². The number of amides is 1. The van der Waals surface area contributed by atoms with Crippen LogP contribution in [0.5, 0.6) is 0 Å². The fourth-order valence-corrected chi connectivity index (χ4v) is 3.76. The molecule has 6 heteroatoms. The number of carbonyl (C=O) groups excluding carboxylic acids is 2. The maximum absolute atomic E-state index is 12.3. The average Bonchev–Trinajstić information content (AvgIpc) is 2.96. The second-order valence-electron chi connectivity index (χ2n) is 5.02. The van der Waals surface area contributed by atoms with Crippen LogP contribution in [0, 0.1) is 0 Å². The van der Waals surface area contributed by atoms with Gasteiger partial charge in [0.25, 0.3) is 0 Å². The number of ether oxygens (including phenoxy) is 1. The van der Waals surface area contributed by atoms with Crippen LogP contribution in [0.1, 0.15) is 21.3 Å². The van der Waals surface area contributed by atoms with Gasteiger partial charge in [-0.25, -0.2) is 4.79 Å². The van der Waals surface area contributed by atoms with Crippen molar-refractivity contribution >= 4 is 40.9 Å². The van der Waals surface area contributed by atoms with E-state index in [2.05, 4.69) is 4.74 Å². The van der Waals surface area contributed by atoms with Gasteiger partial charge >= 0.3 is 5.97 Å². The number of carbonyl (C=O) groups is 2. The Bertz CT molecular complexity index is 731. The maximum atomic E-state index is 12.3. The van der Waals surface area contributed by atoms with E-state index >= 15 is 0 Å². The highest BCUT2D eigenvalue weighted by Crippen LogP contribution is 2.41. The Morgan fingerprint density at radius 1 is 1.17 bits per heavy atom. The molecule has 1 heterocycles. The fraction of sp³-hybridized carbons (Fsp3) is 0.176. The number of hydrogen-bond donors (Lipinski definition) is 0. The van der Waals surface area contributed by atoms with Crippen molar-refractivity contribution in [1.29, 1.82) is 0 Å². The summed E-state index contributed by atoms with van der Waals surface area (Å²) in [5.74, 6) is 0.0696. The third-order valence-electron chi connectivity index (χ3n) is 3.59. The Balaban J connectivity index is 1.90. The van der Waals surface area contributed by atoms with Crippen molar-refractivity contribution < 1.29 is 14.3 Å². The number of esters is 1. The topological polar surface area (TPSA) is 46.6 Å². The predicted molar refractivity (Wildman–Crippen MR) is 91.9 cm³/mol. The molecule has 1 fully saturated rings. The van der Waals surface area contributed by atoms with Gasteiger partial charge in [-0.05, 0) is 42.0 Å². The lowest BCUT2D eigenvalue weighted by atomic mass is 10.1. The first kappa shape index (κ1) is 15.9. The molecule has 1 saturated heterocycles. The molecule has 23 heavy (non-hydrogen) atoms. The van der Waals surface area contributed by atoms with Gasteiger partial charge in [0.15, 0.2) is 0 Å². The fourth-order valence-electron chi connectivity index (χ4n) is 2.45. The molecule has 2 aromatic carbocycles. The minimum Gasteiger partial charge on any atom is -0.465 e. The minimum atomic E-state index is -0.395. The number of methoxy groups -OCH3 is 1. The first-order valence-electron chi connectivity index (χ1n) is 6.97. The summed E-state index contributed by atoms with van der Waals surface area (Å²) in [6.07, 6.45) is 0. The molecule has 1 aliphatic rings. The number of halogens is 1. The molecule has 2 aromatic rings. The molecule has 118 valence electrons. The van der Waals surface area contributed by atoms with Gasteiger partial charge in [0.05, 0.1) is 18.4 Å². The molecule has 0 saturated carbocycles. The first-order valence-corrected chi connectivity index (χ1v) is 8.40. The number of rotatable bonds is 3. The first-order chi connectivity index (χ1) is 11.1. The Hall–Kier alpha value is -1.98. The van der Waals surface area contributed by atoms with Crippen molar-refractivity contribution in [2.24, 2.45) is 0 Å². The molecule has 0 radical (unpaired) electrons. The molecule has 1 aliphatic heterocycles. The van der Waals surface area contributed by atoms with Gasteiger partial charge in [-0.1, -0.05) is 23.7 Å². The molecule has 1 amide bonds. The second kappa shape index (κ2) is 6.64. The Labute approximate surface area is 143 Å². The van der Waals surface area contributed by atoms with Crippen LogP contribution in [0.4, 0.5) is 5.69 Å². The van der Waals surface area contributed by atoms with Crippen LogP contribution in [-0.4, -0.2) is 24.7 Å². The molecular formula is C17H14ClNO3S. The van der Waals surface area contributed by atoms with E-state index in [1.807, 2.05) is 24.3 Å². The number of benzene rings is 2. The molecule has 0 aliphatic carbocycles. The van der Waals surface area contributed by atoms with Crippen LogP contribution >= 0.6 is 23.4 Å². The third kappa shape index (κ3) is 3.21. The highest BCUT2D eigenvalue weighted by molar-refractivity contribution is 8.00. The minimum absolute atomic E-state index is 0.0424. The number of thioether (sulfide) groups is 1. The van der Waals surface area contributed by atoms with E-state index in [0.29, 0.717) is 16.3 Å². The van der Waals surface area contributed by atoms with Crippen molar-refractivity contribution in [3.63, 3.8) is 0 Å². The zero-order valence-electron chi connectivity index (χ0n) is 12.4. The smallest absolute Gasteiger partial charge is 0.337 e. The Morgan fingerprint density at radius 2 is 1.83 bits per heavy atom. The highest BCUT2D eigenvalue weighted by atomic mass is 35.5. The van der Waals surface area contributed by atoms with E-state index in [4.69, 9.17) is 11.6 Å². The predicted octanol–water partition coefficient (Wildman–Crippen LogP) is 3.91. The SMILES string of the molecule is COC(=O)c1ccc(N2C(=O)CSC2c2ccc(Cl)cc2)cc1. The molecule has 0 N–H and O–H groups in total. The molecule has 4 nitrogen and oxygen atoms in total. The summed E-state index contributed by atoms with van der Waals surface area (Å²) in [7, 11) is 1.34. The summed E-state index contributed by atoms with van der Waals surface area (Å²) in [5.41, 5.74) is 2.23. The summed E-state index contributed by atoms with van der Waals surface area (Å²) < 4.78 is 4.69. The van der Waals surface area contributed by atoms with Crippen molar-refractivity contribution in [3.05, 3.63) is 64.7 Å². The van der Waals surface area contributed by atoms with Crippen LogP contribution in [0.15, 0.2) is 48.5 Å². The Morgan fingerprint density at radius 3 is 2.43 bits per heavy atom. The molecule has 3 rings (SSSR count). The lowest BCUT2D eigenvalue weighted by Crippen LogP contribution is -2.27. The van der Waals surface area contributed by atoms with Gasteiger partial charge in [0, 0.05) is 10.7 Å². The van der Waals surface area contributed by atoms with E-state index in [1.54, 1.807) is 40.9 Å². The molecule has 1 atom stereocenters. The summed E-state index contributed by atoms with van der Waals surface area (Å²) in [6.45, 7) is 0. The summed E-state index contributed by atoms with van der Waals surface area (Å²) in [4.78, 5) is 25.5. The number of anilines is 1. The van der Waals surface area contributed by atoms with Crippen LogP contribution in [-0.2, 0) is 9.53 Å². The highest BCUT2D eigenvalue weighted by Gasteiger charge is 2.34.